The minimum Gasteiger partial charge on any atom is -0.496 e. The van der Waals surface area contributed by atoms with Crippen molar-refractivity contribution in [1.82, 2.24) is 10.2 Å². The predicted octanol–water partition coefficient (Wildman–Crippen LogP) is 7.21. The lowest BCUT2D eigenvalue weighted by molar-refractivity contribution is -0.144. The van der Waals surface area contributed by atoms with Crippen LogP contribution in [0.25, 0.3) is 11.0 Å². The highest BCUT2D eigenvalue weighted by Gasteiger charge is 2.58. The molecular formula is C36H42N2O5. The van der Waals surface area contributed by atoms with Gasteiger partial charge in [-0.2, -0.15) is 0 Å². The largest absolute Gasteiger partial charge is 0.496 e. The Balaban J connectivity index is 1.65. The van der Waals surface area contributed by atoms with Crippen molar-refractivity contribution < 1.29 is 23.8 Å². The number of benzene rings is 3. The van der Waals surface area contributed by atoms with Crippen molar-refractivity contribution in [1.29, 1.82) is 0 Å². The molecule has 1 aliphatic rings. The van der Waals surface area contributed by atoms with E-state index in [1.807, 2.05) is 75.4 Å². The molecule has 0 bridgehead atoms. The smallest absolute Gasteiger partial charge is 0.326 e. The molecule has 7 nitrogen and oxygen atoms in total. The summed E-state index contributed by atoms with van der Waals surface area (Å²) in [5.74, 6) is -1.06. The summed E-state index contributed by atoms with van der Waals surface area (Å²) in [4.78, 5) is 29.3. The summed E-state index contributed by atoms with van der Waals surface area (Å²) < 4.78 is 11.5. The normalized spacial score (nSPS) is 20.9. The first kappa shape index (κ1) is 30.4. The summed E-state index contributed by atoms with van der Waals surface area (Å²) in [7, 11) is 1.66. The van der Waals surface area contributed by atoms with Gasteiger partial charge in [0.15, 0.2) is 0 Å². The highest BCUT2D eigenvalue weighted by atomic mass is 16.5. The van der Waals surface area contributed by atoms with E-state index in [0.717, 1.165) is 16.9 Å². The summed E-state index contributed by atoms with van der Waals surface area (Å²) in [5, 5.41) is 15.2. The Bertz CT molecular complexity index is 1610. The van der Waals surface area contributed by atoms with E-state index >= 15 is 0 Å². The Labute approximate surface area is 253 Å². The third kappa shape index (κ3) is 5.78. The van der Waals surface area contributed by atoms with Crippen molar-refractivity contribution in [2.75, 3.05) is 7.11 Å². The Morgan fingerprint density at radius 3 is 2.26 bits per heavy atom. The summed E-state index contributed by atoms with van der Waals surface area (Å²) >= 11 is 0. The molecule has 2 heterocycles. The molecule has 4 atom stereocenters. The Morgan fingerprint density at radius 2 is 1.63 bits per heavy atom. The van der Waals surface area contributed by atoms with Gasteiger partial charge < -0.3 is 24.5 Å². The molecule has 0 radical (unpaired) electrons. The van der Waals surface area contributed by atoms with Gasteiger partial charge in [0.2, 0.25) is 0 Å². The lowest BCUT2D eigenvalue weighted by Gasteiger charge is -2.35. The van der Waals surface area contributed by atoms with Crippen molar-refractivity contribution in [3.8, 4) is 5.75 Å². The monoisotopic (exact) mass is 582 g/mol. The van der Waals surface area contributed by atoms with Crippen LogP contribution in [0.15, 0.2) is 83.5 Å². The van der Waals surface area contributed by atoms with Crippen LogP contribution in [0, 0.1) is 11.3 Å². The van der Waals surface area contributed by atoms with E-state index in [1.54, 1.807) is 18.1 Å². The minimum atomic E-state index is -1.08. The quantitative estimate of drug-likeness (QED) is 0.239. The van der Waals surface area contributed by atoms with E-state index in [9.17, 15) is 14.7 Å². The fraction of sp³-hybridized carbons (Fsp3) is 0.389. The third-order valence-corrected chi connectivity index (χ3v) is 8.68. The second-order valence-corrected chi connectivity index (χ2v) is 13.6. The number of rotatable bonds is 7. The minimum absolute atomic E-state index is 0.0557. The van der Waals surface area contributed by atoms with Gasteiger partial charge in [0.1, 0.15) is 23.6 Å². The van der Waals surface area contributed by atoms with Gasteiger partial charge in [0.25, 0.3) is 5.91 Å². The van der Waals surface area contributed by atoms with E-state index in [0.29, 0.717) is 23.1 Å². The van der Waals surface area contributed by atoms with Gasteiger partial charge in [-0.25, -0.2) is 4.79 Å². The van der Waals surface area contributed by atoms with Gasteiger partial charge in [-0.1, -0.05) is 102 Å². The number of hydrogen-bond acceptors (Lipinski definition) is 5. The number of nitrogens with zero attached hydrogens (tertiary/aromatic N) is 1. The van der Waals surface area contributed by atoms with E-state index in [-0.39, 0.29) is 17.4 Å². The predicted molar refractivity (Wildman–Crippen MR) is 168 cm³/mol. The molecule has 0 unspecified atom stereocenters. The molecule has 4 aromatic rings. The zero-order valence-corrected chi connectivity index (χ0v) is 26.0. The molecule has 7 heteroatoms. The number of carbonyl (C=O) groups excluding carboxylic acids is 1. The van der Waals surface area contributed by atoms with Crippen LogP contribution >= 0.6 is 0 Å². The zero-order valence-electron chi connectivity index (χ0n) is 26.0. The number of likely N-dealkylation sites (tertiary alicyclic amines) is 1. The van der Waals surface area contributed by atoms with Gasteiger partial charge in [0.05, 0.1) is 18.7 Å². The highest BCUT2D eigenvalue weighted by Crippen LogP contribution is 2.49. The fourth-order valence-electron chi connectivity index (χ4n) is 6.60. The Hall–Kier alpha value is -4.10. The van der Waals surface area contributed by atoms with Crippen molar-refractivity contribution in [2.24, 2.45) is 11.3 Å². The topological polar surface area (TPSA) is 92.0 Å². The molecule has 1 fully saturated rings. The lowest BCUT2D eigenvalue weighted by Crippen LogP contribution is -2.48. The average Bonchev–Trinajstić information content (AvgIpc) is 3.55. The van der Waals surface area contributed by atoms with Crippen LogP contribution in [0.1, 0.15) is 74.6 Å². The number of methoxy groups -OCH3 is 1. The van der Waals surface area contributed by atoms with Gasteiger partial charge in [0, 0.05) is 29.5 Å². The summed E-state index contributed by atoms with van der Waals surface area (Å²) in [6, 6.07) is 21.3. The van der Waals surface area contributed by atoms with Crippen molar-refractivity contribution in [2.45, 2.75) is 71.6 Å². The number of furan rings is 1. The lowest BCUT2D eigenvalue weighted by atomic mass is 9.72. The molecule has 43 heavy (non-hydrogen) atoms. The van der Waals surface area contributed by atoms with E-state index in [2.05, 4.69) is 38.2 Å². The molecule has 2 N–H and O–H groups in total. The number of amides is 1. The van der Waals surface area contributed by atoms with E-state index in [4.69, 9.17) is 9.15 Å². The van der Waals surface area contributed by atoms with E-state index in [1.165, 1.54) is 11.8 Å². The molecule has 5 rings (SSSR count). The first-order valence-electron chi connectivity index (χ1n) is 14.8. The molecule has 0 saturated carbocycles. The molecule has 226 valence electrons. The van der Waals surface area contributed by atoms with Crippen LogP contribution < -0.4 is 10.1 Å². The molecule has 1 saturated heterocycles. The van der Waals surface area contributed by atoms with Crippen LogP contribution in [0.5, 0.6) is 5.75 Å². The van der Waals surface area contributed by atoms with Gasteiger partial charge in [-0.3, -0.25) is 4.79 Å². The third-order valence-electron chi connectivity index (χ3n) is 8.68. The number of hydrogen-bond donors (Lipinski definition) is 2. The highest BCUT2D eigenvalue weighted by molar-refractivity contribution is 6.07. The number of aliphatic carboxylic acids is 1. The van der Waals surface area contributed by atoms with Crippen LogP contribution in [0.2, 0.25) is 0 Å². The second kappa shape index (κ2) is 11.5. The summed E-state index contributed by atoms with van der Waals surface area (Å²) in [6.45, 7) is 13.1. The summed E-state index contributed by atoms with van der Waals surface area (Å²) in [6.07, 6.45) is 1.45. The average molecular weight is 583 g/mol. The number of para-hydroxylation sites is 1. The van der Waals surface area contributed by atoms with Gasteiger partial charge >= 0.3 is 5.97 Å². The van der Waals surface area contributed by atoms with Crippen LogP contribution in [-0.4, -0.2) is 41.1 Å². The van der Waals surface area contributed by atoms with Crippen molar-refractivity contribution >= 4 is 22.8 Å². The first-order chi connectivity index (χ1) is 20.3. The molecule has 1 aliphatic heterocycles. The zero-order chi connectivity index (χ0) is 31.1. The van der Waals surface area contributed by atoms with Gasteiger partial charge in [-0.05, 0) is 34.1 Å². The van der Waals surface area contributed by atoms with Crippen LogP contribution in [0.4, 0.5) is 0 Å². The van der Waals surface area contributed by atoms with Crippen molar-refractivity contribution in [3.63, 3.8) is 0 Å². The van der Waals surface area contributed by atoms with Crippen LogP contribution in [-0.2, 0) is 16.8 Å². The molecule has 0 spiro atoms. The Morgan fingerprint density at radius 1 is 0.953 bits per heavy atom. The fourth-order valence-corrected chi connectivity index (χ4v) is 6.60. The van der Waals surface area contributed by atoms with Crippen LogP contribution in [0.3, 0.4) is 0 Å². The van der Waals surface area contributed by atoms with E-state index < -0.39 is 29.4 Å². The molecular weight excluding hydrogens is 540 g/mol. The summed E-state index contributed by atoms with van der Waals surface area (Å²) in [5.41, 5.74) is 3.45. The molecule has 1 amide bonds. The maximum Gasteiger partial charge on any atom is 0.326 e. The number of fused-ring (bicyclic) bond motifs is 1. The number of nitrogens with one attached hydrogen (secondary N) is 1. The number of carboxylic acids is 1. The molecule has 1 aromatic heterocycles. The Kier molecular flexibility index (Phi) is 8.14. The SMILES string of the molecule is COc1ccc(C(C)(C)C)cc1CN[C@H]1[C@H](C(C)(C)C)[C@@H](C(=O)O)N(C(=O)c2coc3ccccc23)[C@H]1c1ccccc1. The molecule has 0 aliphatic carbocycles. The maximum absolute atomic E-state index is 14.5. The number of ether oxygens (including phenoxy) is 1. The second-order valence-electron chi connectivity index (χ2n) is 13.6. The maximum atomic E-state index is 14.5. The van der Waals surface area contributed by atoms with Crippen molar-refractivity contribution in [3.05, 3.63) is 101 Å². The molecule has 3 aromatic carbocycles. The number of carboxylic acid groups (broad SMARTS) is 1. The van der Waals surface area contributed by atoms with Gasteiger partial charge in [-0.15, -0.1) is 0 Å². The number of carbonyl (C=O) groups is 2. The first-order valence-corrected chi connectivity index (χ1v) is 14.8. The standard InChI is InChI=1S/C36H42N2O5/c1-35(2,3)24-17-18-27(42-7)23(19-24)20-37-30-29(36(4,5)6)32(34(40)41)38(31(30)22-13-9-8-10-14-22)33(39)26-21-43-28-16-12-11-15-25(26)28/h8-19,21,29-32,37H,20H2,1-7H3,(H,40,41)/t29-,30-,31-,32-/m0/s1.